The van der Waals surface area contributed by atoms with Gasteiger partial charge in [0.05, 0.1) is 5.69 Å². The van der Waals surface area contributed by atoms with Crippen molar-refractivity contribution in [2.24, 2.45) is 5.92 Å². The van der Waals surface area contributed by atoms with Gasteiger partial charge in [0.1, 0.15) is 5.82 Å². The third kappa shape index (κ3) is 3.40. The van der Waals surface area contributed by atoms with E-state index in [-0.39, 0.29) is 17.5 Å². The van der Waals surface area contributed by atoms with E-state index in [1.165, 1.54) is 18.2 Å². The summed E-state index contributed by atoms with van der Waals surface area (Å²) in [5.41, 5.74) is 0.561. The Morgan fingerprint density at radius 2 is 2.11 bits per heavy atom. The summed E-state index contributed by atoms with van der Waals surface area (Å²) in [6.07, 6.45) is 4.98. The summed E-state index contributed by atoms with van der Waals surface area (Å²) in [5, 5.41) is 11.0. The largest absolute Gasteiger partial charge is 0.478 e. The summed E-state index contributed by atoms with van der Waals surface area (Å²) in [5.74, 6) is -1.83. The monoisotopic (exact) mass is 263 g/mol. The number of carbonyl (C=O) groups is 2. The minimum Gasteiger partial charge on any atom is -0.478 e. The number of rotatable bonds is 4. The van der Waals surface area contributed by atoms with Crippen molar-refractivity contribution in [1.29, 1.82) is 0 Å². The van der Waals surface area contributed by atoms with Crippen molar-refractivity contribution in [3.8, 4) is 0 Å². The second kappa shape index (κ2) is 5.65. The van der Waals surface area contributed by atoms with Gasteiger partial charge in [-0.05, 0) is 36.6 Å². The van der Waals surface area contributed by atoms with Gasteiger partial charge in [0.25, 0.3) is 0 Å². The molecule has 100 valence electrons. The first-order chi connectivity index (χ1) is 9.06. The molecular weight excluding hydrogens is 249 g/mol. The molecule has 1 aliphatic carbocycles. The van der Waals surface area contributed by atoms with Crippen LogP contribution in [0, 0.1) is 11.7 Å². The smallest absolute Gasteiger partial charge is 0.328 e. The van der Waals surface area contributed by atoms with Crippen LogP contribution < -0.4 is 5.32 Å². The molecule has 5 heteroatoms. The molecule has 2 rings (SSSR count). The van der Waals surface area contributed by atoms with E-state index in [2.05, 4.69) is 5.32 Å². The lowest BCUT2D eigenvalue weighted by Crippen LogP contribution is -2.28. The average molecular weight is 263 g/mol. The highest BCUT2D eigenvalue weighted by Crippen LogP contribution is 2.28. The van der Waals surface area contributed by atoms with Crippen LogP contribution in [0.3, 0.4) is 0 Å². The Morgan fingerprint density at radius 3 is 2.63 bits per heavy atom. The van der Waals surface area contributed by atoms with Gasteiger partial charge in [-0.3, -0.25) is 4.79 Å². The number of nitrogens with one attached hydrogen (secondary N) is 1. The van der Waals surface area contributed by atoms with Crippen LogP contribution in [0.1, 0.15) is 24.8 Å². The van der Waals surface area contributed by atoms with Crippen molar-refractivity contribution in [2.45, 2.75) is 19.3 Å². The lowest BCUT2D eigenvalue weighted by molar-refractivity contribution is -0.131. The Kier molecular flexibility index (Phi) is 3.94. The quantitative estimate of drug-likeness (QED) is 0.821. The van der Waals surface area contributed by atoms with Gasteiger partial charge in [0.15, 0.2) is 0 Å². The molecule has 0 saturated heterocycles. The van der Waals surface area contributed by atoms with Crippen LogP contribution >= 0.6 is 0 Å². The highest BCUT2D eigenvalue weighted by atomic mass is 19.1. The van der Waals surface area contributed by atoms with E-state index in [0.29, 0.717) is 5.56 Å². The average Bonchev–Trinajstić information content (AvgIpc) is 2.27. The Morgan fingerprint density at radius 1 is 1.37 bits per heavy atom. The van der Waals surface area contributed by atoms with Crippen molar-refractivity contribution in [2.75, 3.05) is 5.32 Å². The molecule has 1 fully saturated rings. The van der Waals surface area contributed by atoms with Crippen molar-refractivity contribution in [3.05, 3.63) is 35.7 Å². The lowest BCUT2D eigenvalue weighted by Gasteiger charge is -2.24. The molecule has 0 atom stereocenters. The summed E-state index contributed by atoms with van der Waals surface area (Å²) in [6.45, 7) is 0. The van der Waals surface area contributed by atoms with Crippen LogP contribution in [0.15, 0.2) is 24.3 Å². The van der Waals surface area contributed by atoms with Crippen molar-refractivity contribution >= 4 is 23.6 Å². The van der Waals surface area contributed by atoms with Crippen LogP contribution in [0.4, 0.5) is 10.1 Å². The summed E-state index contributed by atoms with van der Waals surface area (Å²) >= 11 is 0. The molecule has 0 aromatic heterocycles. The third-order valence-electron chi connectivity index (χ3n) is 3.15. The molecule has 1 amide bonds. The number of amides is 1. The zero-order chi connectivity index (χ0) is 13.8. The number of anilines is 1. The molecule has 0 bridgehead atoms. The van der Waals surface area contributed by atoms with Gasteiger partial charge < -0.3 is 10.4 Å². The Bertz CT molecular complexity index is 535. The second-order valence-corrected chi connectivity index (χ2v) is 4.53. The molecule has 0 spiro atoms. The van der Waals surface area contributed by atoms with Gasteiger partial charge >= 0.3 is 5.97 Å². The molecular formula is C14H14FNO3. The van der Waals surface area contributed by atoms with E-state index in [9.17, 15) is 14.0 Å². The molecule has 1 aliphatic rings. The van der Waals surface area contributed by atoms with Crippen molar-refractivity contribution in [3.63, 3.8) is 0 Å². The topological polar surface area (TPSA) is 66.4 Å². The Balaban J connectivity index is 2.06. The fraction of sp³-hybridized carbons (Fsp3) is 0.286. The third-order valence-corrected chi connectivity index (χ3v) is 3.15. The van der Waals surface area contributed by atoms with E-state index in [1.54, 1.807) is 6.07 Å². The minimum absolute atomic E-state index is 0.00835. The summed E-state index contributed by atoms with van der Waals surface area (Å²) in [4.78, 5) is 22.0. The van der Waals surface area contributed by atoms with E-state index in [0.717, 1.165) is 25.3 Å². The van der Waals surface area contributed by atoms with E-state index < -0.39 is 11.8 Å². The fourth-order valence-electron chi connectivity index (χ4n) is 1.81. The fourth-order valence-corrected chi connectivity index (χ4v) is 1.81. The normalized spacial score (nSPS) is 15.2. The molecule has 2 N–H and O–H groups in total. The van der Waals surface area contributed by atoms with Crippen LogP contribution in [0.5, 0.6) is 0 Å². The van der Waals surface area contributed by atoms with Gasteiger partial charge in [-0.1, -0.05) is 12.5 Å². The molecule has 4 nitrogen and oxygen atoms in total. The van der Waals surface area contributed by atoms with Gasteiger partial charge in [0.2, 0.25) is 5.91 Å². The number of benzene rings is 1. The molecule has 0 heterocycles. The van der Waals surface area contributed by atoms with Crippen molar-refractivity contribution < 1.29 is 19.1 Å². The van der Waals surface area contributed by atoms with E-state index in [1.807, 2.05) is 0 Å². The number of carboxylic acid groups (broad SMARTS) is 1. The Hall–Kier alpha value is -2.17. The van der Waals surface area contributed by atoms with Gasteiger partial charge in [-0.25, -0.2) is 9.18 Å². The standard InChI is InChI=1S/C14H14FNO3/c15-11-8-9(5-7-13(17)18)4-6-12(11)16-14(19)10-2-1-3-10/h4-8,10H,1-3H2,(H,16,19)(H,17,18). The highest BCUT2D eigenvalue weighted by molar-refractivity contribution is 5.93. The van der Waals surface area contributed by atoms with E-state index in [4.69, 9.17) is 5.11 Å². The number of carboxylic acids is 1. The summed E-state index contributed by atoms with van der Waals surface area (Å²) in [6, 6.07) is 4.18. The maximum Gasteiger partial charge on any atom is 0.328 e. The first kappa shape index (κ1) is 13.3. The van der Waals surface area contributed by atoms with Crippen molar-refractivity contribution in [1.82, 2.24) is 0 Å². The van der Waals surface area contributed by atoms with Crippen LogP contribution in [-0.2, 0) is 9.59 Å². The number of aliphatic carboxylic acids is 1. The summed E-state index contributed by atoms with van der Waals surface area (Å²) in [7, 11) is 0. The van der Waals surface area contributed by atoms with Crippen LogP contribution in [0.25, 0.3) is 6.08 Å². The van der Waals surface area contributed by atoms with Gasteiger partial charge in [0, 0.05) is 12.0 Å². The molecule has 0 aliphatic heterocycles. The van der Waals surface area contributed by atoms with Crippen LogP contribution in [-0.4, -0.2) is 17.0 Å². The van der Waals surface area contributed by atoms with Gasteiger partial charge in [-0.15, -0.1) is 0 Å². The molecule has 1 aromatic rings. The zero-order valence-electron chi connectivity index (χ0n) is 10.2. The minimum atomic E-state index is -1.09. The lowest BCUT2D eigenvalue weighted by atomic mass is 9.85. The molecule has 19 heavy (non-hydrogen) atoms. The molecule has 1 aromatic carbocycles. The second-order valence-electron chi connectivity index (χ2n) is 4.53. The predicted molar refractivity (Wildman–Crippen MR) is 69.0 cm³/mol. The first-order valence-corrected chi connectivity index (χ1v) is 6.07. The van der Waals surface area contributed by atoms with E-state index >= 15 is 0 Å². The molecule has 0 radical (unpaired) electrons. The number of halogens is 1. The van der Waals surface area contributed by atoms with Crippen LogP contribution in [0.2, 0.25) is 0 Å². The first-order valence-electron chi connectivity index (χ1n) is 6.07. The Labute approximate surface area is 109 Å². The zero-order valence-corrected chi connectivity index (χ0v) is 10.2. The number of hydrogen-bond acceptors (Lipinski definition) is 2. The maximum atomic E-state index is 13.7. The maximum absolute atomic E-state index is 13.7. The number of carbonyl (C=O) groups excluding carboxylic acids is 1. The highest BCUT2D eigenvalue weighted by Gasteiger charge is 2.25. The SMILES string of the molecule is O=C(O)C=Cc1ccc(NC(=O)C2CCC2)c(F)c1. The van der Waals surface area contributed by atoms with Gasteiger partial charge in [-0.2, -0.15) is 0 Å². The predicted octanol–water partition coefficient (Wildman–Crippen LogP) is 2.66. The molecule has 1 saturated carbocycles. The molecule has 0 unspecified atom stereocenters. The summed E-state index contributed by atoms with van der Waals surface area (Å²) < 4.78 is 13.7. The number of hydrogen-bond donors (Lipinski definition) is 2.